The fourth-order valence-electron chi connectivity index (χ4n) is 2.96. The van der Waals surface area contributed by atoms with Crippen LogP contribution in [0.4, 0.5) is 0 Å². The Hall–Kier alpha value is -0.730. The van der Waals surface area contributed by atoms with Gasteiger partial charge in [-0.25, -0.2) is 4.79 Å². The quantitative estimate of drug-likeness (QED) is 0.323. The molecule has 0 bridgehead atoms. The second-order valence-electron chi connectivity index (χ2n) is 7.00. The molecule has 0 radical (unpaired) electrons. The second kappa shape index (κ2) is 10.2. The zero-order valence-electron chi connectivity index (χ0n) is 16.9. The summed E-state index contributed by atoms with van der Waals surface area (Å²) >= 11 is 0. The molecule has 8 nitrogen and oxygen atoms in total. The maximum atomic E-state index is 12.4. The van der Waals surface area contributed by atoms with Crippen molar-refractivity contribution in [2.24, 2.45) is 0 Å². The van der Waals surface area contributed by atoms with Gasteiger partial charge in [-0.3, -0.25) is 9.27 Å². The van der Waals surface area contributed by atoms with Gasteiger partial charge in [0, 0.05) is 25.3 Å². The van der Waals surface area contributed by atoms with Gasteiger partial charge in [0.15, 0.2) is 0 Å². The van der Waals surface area contributed by atoms with E-state index < -0.39 is 41.6 Å². The summed E-state index contributed by atoms with van der Waals surface area (Å²) in [5.41, 5.74) is 0.293. The van der Waals surface area contributed by atoms with Gasteiger partial charge in [0.25, 0.3) is 10.1 Å². The molecular formula is C17H32NO7PS. The summed E-state index contributed by atoms with van der Waals surface area (Å²) in [5, 5.41) is 2.97. The number of hydrogen-bond donors (Lipinski definition) is 1. The topological polar surface area (TPSA) is 108 Å². The van der Waals surface area contributed by atoms with E-state index in [1.54, 1.807) is 26.3 Å². The highest BCUT2D eigenvalue weighted by molar-refractivity contribution is 7.86. The van der Waals surface area contributed by atoms with Crippen LogP contribution in [0.3, 0.4) is 0 Å². The van der Waals surface area contributed by atoms with E-state index in [0.29, 0.717) is 5.57 Å². The zero-order chi connectivity index (χ0) is 20.8. The lowest BCUT2D eigenvalue weighted by molar-refractivity contribution is -0.139. The van der Waals surface area contributed by atoms with E-state index in [9.17, 15) is 17.8 Å². The molecule has 0 spiro atoms. The standard InChI is InChI=1S/C17H32NO7PS/c1-7-13(8-2)24-14-10-12(17(19)23-9-3)11-15(25-27(6,21)22)16(14)18-26(4,5)20/h10,13-16H,7-9,11H2,1-6H3,(H,18,20)/t14-,15-,16+/m1/s1. The van der Waals surface area contributed by atoms with Crippen LogP contribution in [0.2, 0.25) is 0 Å². The smallest absolute Gasteiger partial charge is 0.333 e. The van der Waals surface area contributed by atoms with Crippen molar-refractivity contribution in [3.05, 3.63) is 11.6 Å². The maximum Gasteiger partial charge on any atom is 0.333 e. The molecule has 0 aromatic rings. The van der Waals surface area contributed by atoms with Gasteiger partial charge >= 0.3 is 5.97 Å². The third-order valence-electron chi connectivity index (χ3n) is 4.10. The van der Waals surface area contributed by atoms with Gasteiger partial charge in [0.2, 0.25) is 0 Å². The first-order valence-corrected chi connectivity index (χ1v) is 13.6. The minimum atomic E-state index is -3.80. The van der Waals surface area contributed by atoms with E-state index in [2.05, 4.69) is 5.09 Å². The highest BCUT2D eigenvalue weighted by Gasteiger charge is 2.41. The number of rotatable bonds is 10. The molecule has 158 valence electrons. The van der Waals surface area contributed by atoms with Crippen molar-refractivity contribution in [2.75, 3.05) is 26.2 Å². The van der Waals surface area contributed by atoms with Gasteiger partial charge in [-0.05, 0) is 25.8 Å². The van der Waals surface area contributed by atoms with Crippen molar-refractivity contribution in [2.45, 2.75) is 64.4 Å². The lowest BCUT2D eigenvalue weighted by atomic mass is 9.90. The highest BCUT2D eigenvalue weighted by Crippen LogP contribution is 2.36. The lowest BCUT2D eigenvalue weighted by Gasteiger charge is -2.38. The largest absolute Gasteiger partial charge is 0.463 e. The summed E-state index contributed by atoms with van der Waals surface area (Å²) in [4.78, 5) is 12.2. The Bertz CT molecular complexity index is 681. The molecule has 0 aromatic carbocycles. The summed E-state index contributed by atoms with van der Waals surface area (Å²) in [5.74, 6) is -0.535. The van der Waals surface area contributed by atoms with Crippen LogP contribution in [-0.4, -0.2) is 64.9 Å². The monoisotopic (exact) mass is 425 g/mol. The average Bonchev–Trinajstić information content (AvgIpc) is 2.52. The van der Waals surface area contributed by atoms with E-state index in [-0.39, 0.29) is 19.1 Å². The van der Waals surface area contributed by atoms with Crippen molar-refractivity contribution >= 4 is 23.4 Å². The second-order valence-corrected chi connectivity index (χ2v) is 11.6. The van der Waals surface area contributed by atoms with Crippen LogP contribution < -0.4 is 5.09 Å². The van der Waals surface area contributed by atoms with Crippen LogP contribution in [0.5, 0.6) is 0 Å². The van der Waals surface area contributed by atoms with Gasteiger partial charge < -0.3 is 14.0 Å². The lowest BCUT2D eigenvalue weighted by Crippen LogP contribution is -2.52. The molecular weight excluding hydrogens is 393 g/mol. The third-order valence-corrected chi connectivity index (χ3v) is 5.61. The third kappa shape index (κ3) is 8.44. The van der Waals surface area contributed by atoms with E-state index in [4.69, 9.17) is 13.7 Å². The first kappa shape index (κ1) is 24.3. The van der Waals surface area contributed by atoms with E-state index in [1.165, 1.54) is 0 Å². The zero-order valence-corrected chi connectivity index (χ0v) is 18.6. The minimum Gasteiger partial charge on any atom is -0.463 e. The summed E-state index contributed by atoms with van der Waals surface area (Å²) < 4.78 is 52.3. The number of nitrogens with one attached hydrogen (secondary N) is 1. The van der Waals surface area contributed by atoms with E-state index in [1.807, 2.05) is 13.8 Å². The fraction of sp³-hybridized carbons (Fsp3) is 0.824. The van der Waals surface area contributed by atoms with Gasteiger partial charge in [0.05, 0.1) is 37.2 Å². The van der Waals surface area contributed by atoms with Crippen LogP contribution in [0, 0.1) is 0 Å². The number of carbonyl (C=O) groups is 1. The molecule has 27 heavy (non-hydrogen) atoms. The van der Waals surface area contributed by atoms with Gasteiger partial charge in [-0.15, -0.1) is 0 Å². The first-order chi connectivity index (χ1) is 12.4. The molecule has 1 aliphatic rings. The van der Waals surface area contributed by atoms with Gasteiger partial charge in [-0.1, -0.05) is 13.8 Å². The Morgan fingerprint density at radius 3 is 2.33 bits per heavy atom. The van der Waals surface area contributed by atoms with Crippen molar-refractivity contribution in [1.82, 2.24) is 5.09 Å². The number of esters is 1. The number of carbonyl (C=O) groups excluding carboxylic acids is 1. The van der Waals surface area contributed by atoms with Crippen molar-refractivity contribution < 1.29 is 31.4 Å². The SMILES string of the molecule is CCOC(=O)C1=C[C@@H](OC(CC)CC)[C@H](NP(C)(C)=O)[C@H](OS(C)(=O)=O)C1. The van der Waals surface area contributed by atoms with Crippen LogP contribution in [-0.2, 0) is 33.1 Å². The minimum absolute atomic E-state index is 0.0202. The number of ether oxygens (including phenoxy) is 2. The molecule has 0 saturated heterocycles. The predicted molar refractivity (Wildman–Crippen MR) is 105 cm³/mol. The van der Waals surface area contributed by atoms with Crippen LogP contribution in [0.15, 0.2) is 11.6 Å². The Morgan fingerprint density at radius 1 is 1.30 bits per heavy atom. The van der Waals surface area contributed by atoms with Crippen LogP contribution in [0.25, 0.3) is 0 Å². The molecule has 0 heterocycles. The molecule has 3 atom stereocenters. The normalized spacial score (nSPS) is 24.0. The predicted octanol–water partition coefficient (Wildman–Crippen LogP) is 2.29. The molecule has 1 N–H and O–H groups in total. The summed E-state index contributed by atoms with van der Waals surface area (Å²) in [6.07, 6.45) is 2.38. The molecule has 0 saturated carbocycles. The Morgan fingerprint density at radius 2 is 1.89 bits per heavy atom. The van der Waals surface area contributed by atoms with Gasteiger partial charge in [-0.2, -0.15) is 8.42 Å². The van der Waals surface area contributed by atoms with Crippen molar-refractivity contribution in [3.63, 3.8) is 0 Å². The Labute approximate surface area is 162 Å². The van der Waals surface area contributed by atoms with Crippen LogP contribution >= 0.6 is 7.29 Å². The van der Waals surface area contributed by atoms with E-state index >= 15 is 0 Å². The van der Waals surface area contributed by atoms with Gasteiger partial charge in [0.1, 0.15) is 7.29 Å². The first-order valence-electron chi connectivity index (χ1n) is 9.14. The van der Waals surface area contributed by atoms with E-state index in [0.717, 1.165) is 19.1 Å². The molecule has 0 aliphatic heterocycles. The van der Waals surface area contributed by atoms with Crippen LogP contribution in [0.1, 0.15) is 40.0 Å². The fourth-order valence-corrected chi connectivity index (χ4v) is 4.63. The summed E-state index contributed by atoms with van der Waals surface area (Å²) in [6, 6.07) is -0.681. The number of hydrogen-bond acceptors (Lipinski definition) is 7. The molecule has 0 aromatic heterocycles. The molecule has 0 unspecified atom stereocenters. The molecule has 1 rings (SSSR count). The average molecular weight is 425 g/mol. The molecule has 0 fully saturated rings. The molecule has 1 aliphatic carbocycles. The highest BCUT2D eigenvalue weighted by atomic mass is 32.2. The Kier molecular flexibility index (Phi) is 9.15. The summed E-state index contributed by atoms with van der Waals surface area (Å²) in [6.45, 7) is 8.94. The molecule has 0 amide bonds. The Balaban J connectivity index is 3.32. The van der Waals surface area contributed by atoms with Crippen molar-refractivity contribution in [1.29, 1.82) is 0 Å². The maximum absolute atomic E-state index is 12.4. The van der Waals surface area contributed by atoms with Crippen molar-refractivity contribution in [3.8, 4) is 0 Å². The summed E-state index contributed by atoms with van der Waals surface area (Å²) in [7, 11) is -6.54. The molecule has 10 heteroatoms.